The van der Waals surface area contributed by atoms with Crippen molar-refractivity contribution < 1.29 is 9.53 Å². The molecular formula is C16H14O2. The summed E-state index contributed by atoms with van der Waals surface area (Å²) >= 11 is 0. The largest absolute Gasteiger partial charge is 0.496 e. The van der Waals surface area contributed by atoms with E-state index < -0.39 is 0 Å². The molecule has 0 saturated carbocycles. The normalized spacial score (nSPS) is 12.3. The van der Waals surface area contributed by atoms with E-state index in [2.05, 4.69) is 13.8 Å². The van der Waals surface area contributed by atoms with Gasteiger partial charge in [0.05, 0.1) is 7.11 Å². The summed E-state index contributed by atoms with van der Waals surface area (Å²) in [6.45, 7) is 4.12. The Kier molecular flexibility index (Phi) is 2.27. The standard InChI is InChI=1S/C16H14O2/c1-9-7-8-12-14(10(9)2)15-11(16(12)17)5-4-6-13(15)18-3/h4-8H,1-3H3. The van der Waals surface area contributed by atoms with Crippen LogP contribution in [0.4, 0.5) is 0 Å². The maximum absolute atomic E-state index is 12.4. The highest BCUT2D eigenvalue weighted by Gasteiger charge is 2.30. The molecule has 0 aliphatic heterocycles. The van der Waals surface area contributed by atoms with Crippen molar-refractivity contribution in [2.75, 3.05) is 7.11 Å². The molecule has 0 heterocycles. The van der Waals surface area contributed by atoms with Gasteiger partial charge in [0.15, 0.2) is 5.78 Å². The van der Waals surface area contributed by atoms with Crippen LogP contribution in [-0.2, 0) is 0 Å². The van der Waals surface area contributed by atoms with E-state index in [1.807, 2.05) is 30.3 Å². The SMILES string of the molecule is COc1cccc2c1-c1c(ccc(C)c1C)C2=O. The highest BCUT2D eigenvalue weighted by Crippen LogP contribution is 2.44. The zero-order valence-electron chi connectivity index (χ0n) is 10.7. The summed E-state index contributed by atoms with van der Waals surface area (Å²) in [6.07, 6.45) is 0. The maximum Gasteiger partial charge on any atom is 0.194 e. The van der Waals surface area contributed by atoms with Gasteiger partial charge in [0, 0.05) is 22.3 Å². The second-order valence-electron chi connectivity index (χ2n) is 4.64. The van der Waals surface area contributed by atoms with Gasteiger partial charge in [0.25, 0.3) is 0 Å². The Balaban J connectivity index is 2.44. The second-order valence-corrected chi connectivity index (χ2v) is 4.64. The van der Waals surface area contributed by atoms with Gasteiger partial charge in [0.2, 0.25) is 0 Å². The minimum atomic E-state index is 0.0991. The van der Waals surface area contributed by atoms with Crippen molar-refractivity contribution in [2.45, 2.75) is 13.8 Å². The summed E-state index contributed by atoms with van der Waals surface area (Å²) in [5.41, 5.74) is 5.87. The minimum Gasteiger partial charge on any atom is -0.496 e. The highest BCUT2D eigenvalue weighted by atomic mass is 16.5. The Morgan fingerprint density at radius 2 is 1.67 bits per heavy atom. The Morgan fingerprint density at radius 3 is 2.39 bits per heavy atom. The average Bonchev–Trinajstić information content (AvgIpc) is 2.68. The van der Waals surface area contributed by atoms with Gasteiger partial charge < -0.3 is 4.74 Å². The first kappa shape index (κ1) is 11.0. The predicted octanol–water partition coefficient (Wildman–Crippen LogP) is 3.52. The van der Waals surface area contributed by atoms with Gasteiger partial charge in [0.1, 0.15) is 5.75 Å². The summed E-state index contributed by atoms with van der Waals surface area (Å²) < 4.78 is 5.40. The molecule has 2 heteroatoms. The summed E-state index contributed by atoms with van der Waals surface area (Å²) in [4.78, 5) is 12.4. The number of benzene rings is 2. The van der Waals surface area contributed by atoms with Gasteiger partial charge in [-0.3, -0.25) is 4.79 Å². The number of hydrogen-bond acceptors (Lipinski definition) is 2. The van der Waals surface area contributed by atoms with E-state index in [1.165, 1.54) is 5.56 Å². The van der Waals surface area contributed by atoms with Crippen LogP contribution < -0.4 is 4.74 Å². The van der Waals surface area contributed by atoms with Crippen molar-refractivity contribution in [1.29, 1.82) is 0 Å². The predicted molar refractivity (Wildman–Crippen MR) is 71.3 cm³/mol. The van der Waals surface area contributed by atoms with E-state index in [0.29, 0.717) is 0 Å². The number of carbonyl (C=O) groups excluding carboxylic acids is 1. The van der Waals surface area contributed by atoms with Crippen molar-refractivity contribution in [3.8, 4) is 16.9 Å². The van der Waals surface area contributed by atoms with Gasteiger partial charge in [-0.2, -0.15) is 0 Å². The van der Waals surface area contributed by atoms with Crippen molar-refractivity contribution in [3.05, 3.63) is 52.6 Å². The molecule has 1 aliphatic carbocycles. The van der Waals surface area contributed by atoms with Crippen LogP contribution in [0.25, 0.3) is 11.1 Å². The Bertz CT molecular complexity index is 669. The van der Waals surface area contributed by atoms with Crippen LogP contribution in [-0.4, -0.2) is 12.9 Å². The van der Waals surface area contributed by atoms with Crippen molar-refractivity contribution in [3.63, 3.8) is 0 Å². The molecular weight excluding hydrogens is 224 g/mol. The third-order valence-electron chi connectivity index (χ3n) is 3.72. The van der Waals surface area contributed by atoms with Crippen molar-refractivity contribution in [1.82, 2.24) is 0 Å². The lowest BCUT2D eigenvalue weighted by molar-refractivity contribution is 0.104. The summed E-state index contributed by atoms with van der Waals surface area (Å²) in [6, 6.07) is 9.56. The first-order valence-corrected chi connectivity index (χ1v) is 5.97. The van der Waals surface area contributed by atoms with E-state index >= 15 is 0 Å². The van der Waals surface area contributed by atoms with Gasteiger partial charge in [-0.05, 0) is 31.0 Å². The number of hydrogen-bond donors (Lipinski definition) is 0. The fourth-order valence-corrected chi connectivity index (χ4v) is 2.62. The van der Waals surface area contributed by atoms with E-state index in [0.717, 1.165) is 33.6 Å². The number of rotatable bonds is 1. The lowest BCUT2D eigenvalue weighted by Crippen LogP contribution is -1.95. The molecule has 2 aromatic rings. The van der Waals surface area contributed by atoms with E-state index in [1.54, 1.807) is 7.11 Å². The number of fused-ring (bicyclic) bond motifs is 3. The number of ether oxygens (including phenoxy) is 1. The molecule has 2 nitrogen and oxygen atoms in total. The van der Waals surface area contributed by atoms with E-state index in [9.17, 15) is 4.79 Å². The van der Waals surface area contributed by atoms with Gasteiger partial charge in [-0.15, -0.1) is 0 Å². The molecule has 0 aromatic heterocycles. The van der Waals surface area contributed by atoms with E-state index in [-0.39, 0.29) is 5.78 Å². The van der Waals surface area contributed by atoms with Crippen LogP contribution in [0, 0.1) is 13.8 Å². The minimum absolute atomic E-state index is 0.0991. The zero-order valence-corrected chi connectivity index (χ0v) is 10.7. The molecule has 0 fully saturated rings. The summed E-state index contributed by atoms with van der Waals surface area (Å²) in [5.74, 6) is 0.871. The molecule has 0 atom stereocenters. The number of ketones is 1. The number of aryl methyl sites for hydroxylation is 1. The van der Waals surface area contributed by atoms with Crippen LogP contribution in [0.5, 0.6) is 5.75 Å². The number of methoxy groups -OCH3 is 1. The van der Waals surface area contributed by atoms with Crippen LogP contribution in [0.15, 0.2) is 30.3 Å². The summed E-state index contributed by atoms with van der Waals surface area (Å²) in [5, 5.41) is 0. The molecule has 0 amide bonds. The molecule has 0 radical (unpaired) electrons. The zero-order chi connectivity index (χ0) is 12.9. The molecule has 2 aromatic carbocycles. The first-order valence-electron chi connectivity index (χ1n) is 5.97. The lowest BCUT2D eigenvalue weighted by atomic mass is 9.96. The Morgan fingerprint density at radius 1 is 0.944 bits per heavy atom. The van der Waals surface area contributed by atoms with Crippen molar-refractivity contribution >= 4 is 5.78 Å². The van der Waals surface area contributed by atoms with Gasteiger partial charge >= 0.3 is 0 Å². The smallest absolute Gasteiger partial charge is 0.194 e. The third kappa shape index (κ3) is 1.26. The van der Waals surface area contributed by atoms with Crippen LogP contribution >= 0.6 is 0 Å². The fraction of sp³-hybridized carbons (Fsp3) is 0.188. The number of carbonyl (C=O) groups is 1. The van der Waals surface area contributed by atoms with Crippen LogP contribution in [0.3, 0.4) is 0 Å². The molecule has 0 bridgehead atoms. The first-order chi connectivity index (χ1) is 8.65. The molecule has 1 aliphatic rings. The molecule has 0 spiro atoms. The van der Waals surface area contributed by atoms with Gasteiger partial charge in [-0.1, -0.05) is 24.3 Å². The maximum atomic E-state index is 12.4. The van der Waals surface area contributed by atoms with Crippen molar-refractivity contribution in [2.24, 2.45) is 0 Å². The molecule has 0 unspecified atom stereocenters. The van der Waals surface area contributed by atoms with Gasteiger partial charge in [-0.25, -0.2) is 0 Å². The monoisotopic (exact) mass is 238 g/mol. The quantitative estimate of drug-likeness (QED) is 0.648. The topological polar surface area (TPSA) is 26.3 Å². The van der Waals surface area contributed by atoms with Crippen LogP contribution in [0.1, 0.15) is 27.0 Å². The van der Waals surface area contributed by atoms with E-state index in [4.69, 9.17) is 4.74 Å². The third-order valence-corrected chi connectivity index (χ3v) is 3.72. The fourth-order valence-electron chi connectivity index (χ4n) is 2.62. The Labute approximate surface area is 106 Å². The molecule has 0 saturated heterocycles. The van der Waals surface area contributed by atoms with Crippen LogP contribution in [0.2, 0.25) is 0 Å². The molecule has 3 rings (SSSR count). The molecule has 18 heavy (non-hydrogen) atoms. The average molecular weight is 238 g/mol. The Hall–Kier alpha value is -2.09. The highest BCUT2D eigenvalue weighted by molar-refractivity contribution is 6.23. The second kappa shape index (κ2) is 3.70. The molecule has 0 N–H and O–H groups in total. The summed E-state index contributed by atoms with van der Waals surface area (Å²) in [7, 11) is 1.64. The lowest BCUT2D eigenvalue weighted by Gasteiger charge is -2.11. The molecule has 90 valence electrons.